The summed E-state index contributed by atoms with van der Waals surface area (Å²) in [7, 11) is 1.24. The zero-order chi connectivity index (χ0) is 22.3. The Morgan fingerprint density at radius 1 is 1.10 bits per heavy atom. The molecule has 0 amide bonds. The topological polar surface area (TPSA) is 74.3 Å². The number of fused-ring (bicyclic) bond motifs is 1. The molecule has 0 radical (unpaired) electrons. The third kappa shape index (κ3) is 3.90. The first-order valence-electron chi connectivity index (χ1n) is 8.43. The Morgan fingerprint density at radius 3 is 2.45 bits per heavy atom. The van der Waals surface area contributed by atoms with Crippen molar-refractivity contribution in [3.05, 3.63) is 74.3 Å². The van der Waals surface area contributed by atoms with Crippen LogP contribution in [0.1, 0.15) is 5.56 Å². The molecule has 0 atom stereocenters. The predicted molar refractivity (Wildman–Crippen MR) is 106 cm³/mol. The van der Waals surface area contributed by atoms with Crippen molar-refractivity contribution >= 4 is 33.2 Å². The molecule has 1 aromatic carbocycles. The summed E-state index contributed by atoms with van der Waals surface area (Å²) in [6, 6.07) is 2.12. The van der Waals surface area contributed by atoms with Gasteiger partial charge in [-0.2, -0.15) is 5.10 Å². The van der Waals surface area contributed by atoms with Crippen LogP contribution in [0.25, 0.3) is 11.2 Å². The monoisotopic (exact) mass is 515 g/mol. The second-order valence-electron chi connectivity index (χ2n) is 6.07. The highest BCUT2D eigenvalue weighted by Crippen LogP contribution is 2.27. The van der Waals surface area contributed by atoms with E-state index in [2.05, 4.69) is 31.1 Å². The van der Waals surface area contributed by atoms with Crippen molar-refractivity contribution in [3.63, 3.8) is 0 Å². The summed E-state index contributed by atoms with van der Waals surface area (Å²) in [5.41, 5.74) is -0.977. The van der Waals surface area contributed by atoms with Crippen molar-refractivity contribution in [1.29, 1.82) is 0 Å². The van der Waals surface area contributed by atoms with E-state index in [4.69, 9.17) is 4.74 Å². The molecule has 31 heavy (non-hydrogen) atoms. The van der Waals surface area contributed by atoms with E-state index in [1.165, 1.54) is 19.5 Å². The van der Waals surface area contributed by atoms with E-state index in [9.17, 15) is 22.4 Å². The molecule has 0 fully saturated rings. The molecule has 0 saturated carbocycles. The van der Waals surface area contributed by atoms with Crippen molar-refractivity contribution in [2.45, 2.75) is 10.9 Å². The van der Waals surface area contributed by atoms with Crippen molar-refractivity contribution in [2.75, 3.05) is 7.11 Å². The highest BCUT2D eigenvalue weighted by Gasteiger charge is 2.20. The zero-order valence-electron chi connectivity index (χ0n) is 15.4. The van der Waals surface area contributed by atoms with Crippen molar-refractivity contribution < 1.29 is 22.3 Å². The zero-order valence-corrected chi connectivity index (χ0v) is 17.8. The number of aromatic nitrogens is 5. The van der Waals surface area contributed by atoms with Crippen LogP contribution in [0.15, 0.2) is 45.0 Å². The molecule has 3 aromatic heterocycles. The van der Waals surface area contributed by atoms with E-state index in [-0.39, 0.29) is 28.0 Å². The third-order valence-corrected chi connectivity index (χ3v) is 5.72. The minimum Gasteiger partial charge on any atom is -0.479 e. The summed E-state index contributed by atoms with van der Waals surface area (Å²) in [5, 5.41) is 8.09. The summed E-state index contributed by atoms with van der Waals surface area (Å²) >= 11 is 3.97. The molecule has 160 valence electrons. The molecule has 0 unspecified atom stereocenters. The Morgan fingerprint density at radius 2 is 1.81 bits per heavy atom. The van der Waals surface area contributed by atoms with Crippen LogP contribution in [0.3, 0.4) is 0 Å². The van der Waals surface area contributed by atoms with Crippen LogP contribution in [0, 0.1) is 23.3 Å². The fourth-order valence-electron chi connectivity index (χ4n) is 2.76. The van der Waals surface area contributed by atoms with Gasteiger partial charge in [0.1, 0.15) is 17.5 Å². The molecule has 0 spiro atoms. The van der Waals surface area contributed by atoms with E-state index in [0.717, 1.165) is 27.0 Å². The minimum absolute atomic E-state index is 0.00829. The van der Waals surface area contributed by atoms with Crippen LogP contribution in [-0.4, -0.2) is 31.5 Å². The number of ether oxygens (including phenoxy) is 1. The van der Waals surface area contributed by atoms with Crippen LogP contribution < -0.4 is 10.3 Å². The normalized spacial score (nSPS) is 11.3. The molecular formula is C18H10BrF4N5O2S. The maximum Gasteiger partial charge on any atom is 0.286 e. The van der Waals surface area contributed by atoms with Gasteiger partial charge < -0.3 is 4.74 Å². The Balaban J connectivity index is 1.86. The van der Waals surface area contributed by atoms with Gasteiger partial charge in [0.15, 0.2) is 16.5 Å². The Labute approximate surface area is 183 Å². The van der Waals surface area contributed by atoms with Crippen LogP contribution in [-0.2, 0) is 5.75 Å². The highest BCUT2D eigenvalue weighted by molar-refractivity contribution is 9.10. The molecule has 0 saturated heterocycles. The lowest BCUT2D eigenvalue weighted by molar-refractivity contribution is 0.368. The second-order valence-corrected chi connectivity index (χ2v) is 7.87. The molecule has 0 aliphatic rings. The number of thioether (sulfide) groups is 1. The van der Waals surface area contributed by atoms with Gasteiger partial charge in [-0.15, -0.1) is 9.73 Å². The van der Waals surface area contributed by atoms with E-state index in [1.807, 2.05) is 0 Å². The van der Waals surface area contributed by atoms with Gasteiger partial charge in [-0.3, -0.25) is 9.36 Å². The summed E-state index contributed by atoms with van der Waals surface area (Å²) in [5.74, 6) is -4.66. The van der Waals surface area contributed by atoms with Gasteiger partial charge in [0, 0.05) is 29.5 Å². The number of hydrogen-bond acceptors (Lipinski definition) is 6. The van der Waals surface area contributed by atoms with Crippen molar-refractivity contribution in [3.8, 4) is 11.6 Å². The predicted octanol–water partition coefficient (Wildman–Crippen LogP) is 3.90. The van der Waals surface area contributed by atoms with E-state index in [1.54, 1.807) is 0 Å². The number of pyridine rings is 1. The molecule has 13 heteroatoms. The average Bonchev–Trinajstić information content (AvgIpc) is 3.08. The maximum atomic E-state index is 14.2. The summed E-state index contributed by atoms with van der Waals surface area (Å²) < 4.78 is 62.7. The van der Waals surface area contributed by atoms with E-state index in [0.29, 0.717) is 16.6 Å². The molecule has 0 aliphatic heterocycles. The van der Waals surface area contributed by atoms with E-state index >= 15 is 0 Å². The highest BCUT2D eigenvalue weighted by atomic mass is 79.9. The van der Waals surface area contributed by atoms with Gasteiger partial charge >= 0.3 is 0 Å². The van der Waals surface area contributed by atoms with Crippen LogP contribution in [0.4, 0.5) is 17.6 Å². The van der Waals surface area contributed by atoms with Crippen molar-refractivity contribution in [2.24, 2.45) is 0 Å². The van der Waals surface area contributed by atoms with Gasteiger partial charge in [-0.1, -0.05) is 11.8 Å². The number of halogens is 5. The smallest absolute Gasteiger partial charge is 0.286 e. The van der Waals surface area contributed by atoms with Crippen LogP contribution in [0.2, 0.25) is 0 Å². The van der Waals surface area contributed by atoms with Crippen LogP contribution in [0.5, 0.6) is 5.88 Å². The first-order valence-corrected chi connectivity index (χ1v) is 10.2. The molecule has 3 heterocycles. The van der Waals surface area contributed by atoms with Gasteiger partial charge in [0.05, 0.1) is 29.7 Å². The number of methoxy groups -OCH3 is 1. The number of benzene rings is 1. The fourth-order valence-corrected chi connectivity index (χ4v) is 4.18. The molecule has 7 nitrogen and oxygen atoms in total. The lowest BCUT2D eigenvalue weighted by atomic mass is 10.2. The third-order valence-electron chi connectivity index (χ3n) is 4.18. The Hall–Kier alpha value is -2.93. The average molecular weight is 516 g/mol. The summed E-state index contributed by atoms with van der Waals surface area (Å²) in [6.07, 6.45) is 2.53. The molecular weight excluding hydrogens is 506 g/mol. The lowest BCUT2D eigenvalue weighted by Crippen LogP contribution is -2.25. The summed E-state index contributed by atoms with van der Waals surface area (Å²) in [4.78, 5) is 16.9. The SMILES string of the molecule is COc1ncc(-n2c(SCc3c(F)cc(F)cc3F)nn3ncc(Br)c3c2=O)cc1F. The number of nitrogens with zero attached hydrogens (tertiary/aromatic N) is 5. The first-order chi connectivity index (χ1) is 14.8. The van der Waals surface area contributed by atoms with Gasteiger partial charge in [-0.05, 0) is 15.9 Å². The lowest BCUT2D eigenvalue weighted by Gasteiger charge is -2.13. The minimum atomic E-state index is -1.08. The van der Waals surface area contributed by atoms with Gasteiger partial charge in [-0.25, -0.2) is 22.5 Å². The molecule has 0 N–H and O–H groups in total. The van der Waals surface area contributed by atoms with Crippen LogP contribution >= 0.6 is 27.7 Å². The molecule has 0 aliphatic carbocycles. The first kappa shape index (κ1) is 21.3. The van der Waals surface area contributed by atoms with Gasteiger partial charge in [0.2, 0.25) is 5.88 Å². The Kier molecular flexibility index (Phi) is 5.71. The number of rotatable bonds is 5. The largest absolute Gasteiger partial charge is 0.479 e. The van der Waals surface area contributed by atoms with Crippen molar-refractivity contribution in [1.82, 2.24) is 24.4 Å². The fraction of sp³-hybridized carbons (Fsp3) is 0.111. The number of hydrogen-bond donors (Lipinski definition) is 0. The quantitative estimate of drug-likeness (QED) is 0.296. The second kappa shape index (κ2) is 8.30. The maximum absolute atomic E-state index is 14.2. The molecule has 4 aromatic rings. The van der Waals surface area contributed by atoms with E-state index < -0.39 is 34.4 Å². The van der Waals surface area contributed by atoms with Gasteiger partial charge in [0.25, 0.3) is 5.56 Å². The molecule has 0 bridgehead atoms. The summed E-state index contributed by atoms with van der Waals surface area (Å²) in [6.45, 7) is 0. The Bertz CT molecular complexity index is 1350. The molecule has 4 rings (SSSR count). The standard InChI is InChI=1S/C18H10BrF4N5O2S/c1-30-16-14(23)4-9(5-24-16)27-17(29)15-11(19)6-25-28(15)26-18(27)31-7-10-12(21)2-8(20)3-13(10)22/h2-6H,7H2,1H3.